The number of nitrogens with zero attached hydrogens (tertiary/aromatic N) is 4. The fourth-order valence-electron chi connectivity index (χ4n) is 4.71. The summed E-state index contributed by atoms with van der Waals surface area (Å²) in [7, 11) is -3.38. The lowest BCUT2D eigenvalue weighted by atomic mass is 9.79. The van der Waals surface area contributed by atoms with Crippen molar-refractivity contribution in [3.05, 3.63) is 64.4 Å². The molecule has 3 unspecified atom stereocenters. The Morgan fingerprint density at radius 3 is 2.57 bits per heavy atom. The van der Waals surface area contributed by atoms with Crippen molar-refractivity contribution >= 4 is 33.0 Å². The van der Waals surface area contributed by atoms with E-state index in [1.54, 1.807) is 6.20 Å². The molecule has 0 saturated heterocycles. The highest BCUT2D eigenvalue weighted by Gasteiger charge is 2.46. The first kappa shape index (κ1) is 24.3. The van der Waals surface area contributed by atoms with E-state index in [4.69, 9.17) is 0 Å². The molecule has 0 fully saturated rings. The Labute approximate surface area is 203 Å². The maximum absolute atomic E-state index is 13.5. The van der Waals surface area contributed by atoms with Gasteiger partial charge in [0.1, 0.15) is 0 Å². The zero-order valence-electron chi connectivity index (χ0n) is 18.3. The molecule has 5 nitrogen and oxygen atoms in total. The van der Waals surface area contributed by atoms with E-state index in [1.807, 2.05) is 33.9 Å². The predicted molar refractivity (Wildman–Crippen MR) is 121 cm³/mol. The zero-order chi connectivity index (χ0) is 25.1. The minimum atomic E-state index is -5.03. The highest BCUT2D eigenvalue weighted by molar-refractivity contribution is 7.83. The molecule has 2 aromatic heterocycles. The van der Waals surface area contributed by atoms with Crippen LogP contribution < -0.4 is 4.90 Å². The fraction of sp³-hybridized carbons (Fsp3) is 0.409. The van der Waals surface area contributed by atoms with E-state index in [9.17, 15) is 30.6 Å². The molecule has 35 heavy (non-hydrogen) atoms. The van der Waals surface area contributed by atoms with Gasteiger partial charge in [0.15, 0.2) is 4.96 Å². The van der Waals surface area contributed by atoms with Crippen LogP contribution in [0.25, 0.3) is 4.96 Å². The third kappa shape index (κ3) is 4.60. The number of alkyl halides is 6. The Morgan fingerprint density at radius 1 is 1.20 bits per heavy atom. The van der Waals surface area contributed by atoms with Crippen LogP contribution in [0.2, 0.25) is 0 Å². The van der Waals surface area contributed by atoms with Gasteiger partial charge in [-0.25, -0.2) is 13.5 Å². The Kier molecular flexibility index (Phi) is 5.99. The number of hydrogen-bond acceptors (Lipinski definition) is 4. The molecule has 1 aliphatic carbocycles. The molecule has 2 aliphatic rings. The highest BCUT2D eigenvalue weighted by Crippen LogP contribution is 2.42. The quantitative estimate of drug-likeness (QED) is 0.316. The minimum absolute atomic E-state index is 0.0434. The molecule has 0 amide bonds. The van der Waals surface area contributed by atoms with Crippen molar-refractivity contribution < 1.29 is 30.6 Å². The number of fused-ring (bicyclic) bond motifs is 2. The van der Waals surface area contributed by atoms with Gasteiger partial charge in [-0.2, -0.15) is 26.3 Å². The molecule has 0 radical (unpaired) electrons. The maximum atomic E-state index is 13.5. The van der Waals surface area contributed by atoms with Crippen molar-refractivity contribution in [3.63, 3.8) is 0 Å². The number of allylic oxidation sites excluding steroid dienone is 1. The van der Waals surface area contributed by atoms with Crippen molar-refractivity contribution in [2.45, 2.75) is 44.2 Å². The first-order chi connectivity index (χ1) is 16.4. The summed E-state index contributed by atoms with van der Waals surface area (Å²) in [6, 6.07) is 2.57. The lowest BCUT2D eigenvalue weighted by Gasteiger charge is -2.42. The summed E-state index contributed by atoms with van der Waals surface area (Å²) in [4.78, 5) is 7.13. The summed E-state index contributed by atoms with van der Waals surface area (Å²) in [6.45, 7) is 1.32. The topological polar surface area (TPSA) is 40.9 Å². The summed E-state index contributed by atoms with van der Waals surface area (Å²) in [5, 5.41) is 1.86. The second-order valence-corrected chi connectivity index (χ2v) is 11.0. The van der Waals surface area contributed by atoms with E-state index < -0.39 is 40.8 Å². The van der Waals surface area contributed by atoms with Crippen LogP contribution in [0.15, 0.2) is 47.6 Å². The summed E-state index contributed by atoms with van der Waals surface area (Å²) in [5.41, 5.74) is -3.93. The van der Waals surface area contributed by atoms with Gasteiger partial charge in [-0.1, -0.05) is 11.6 Å². The maximum Gasteiger partial charge on any atom is 0.485 e. The van der Waals surface area contributed by atoms with Crippen LogP contribution in [-0.4, -0.2) is 36.0 Å². The van der Waals surface area contributed by atoms with Crippen molar-refractivity contribution in [1.29, 1.82) is 0 Å². The Hall–Kier alpha value is -2.38. The third-order valence-electron chi connectivity index (χ3n) is 6.51. The number of thiazole rings is 1. The van der Waals surface area contributed by atoms with Gasteiger partial charge < -0.3 is 4.90 Å². The molecule has 1 aliphatic heterocycles. The van der Waals surface area contributed by atoms with Gasteiger partial charge in [0.05, 0.1) is 17.8 Å². The highest BCUT2D eigenvalue weighted by atomic mass is 32.2. The van der Waals surface area contributed by atoms with Crippen molar-refractivity contribution in [3.8, 4) is 0 Å². The largest absolute Gasteiger partial charge is 0.485 e. The van der Waals surface area contributed by atoms with Crippen LogP contribution in [-0.2, 0) is 30.3 Å². The van der Waals surface area contributed by atoms with Crippen molar-refractivity contribution in [2.24, 2.45) is 5.92 Å². The average molecular weight is 535 g/mol. The molecule has 3 aromatic rings. The number of halogens is 6. The van der Waals surface area contributed by atoms with Gasteiger partial charge in [-0.3, -0.25) is 4.40 Å². The average Bonchev–Trinajstić information content (AvgIpc) is 3.31. The smallest absolute Gasteiger partial charge is 0.360 e. The Balaban J connectivity index is 1.62. The molecule has 188 valence electrons. The lowest BCUT2D eigenvalue weighted by molar-refractivity contribution is -0.137. The van der Waals surface area contributed by atoms with Crippen LogP contribution in [0.4, 0.5) is 32.0 Å². The van der Waals surface area contributed by atoms with E-state index in [-0.39, 0.29) is 24.6 Å². The van der Waals surface area contributed by atoms with Gasteiger partial charge in [0.25, 0.3) is 0 Å². The SMILES string of the molecule is CC1=CCC1C1CN(S(=O)C(F)(F)F)Cc2cc(C(F)(F)F)ccc2N1Cc1cn2ccsc2n1. The molecular weight excluding hydrogens is 514 g/mol. The molecule has 3 heterocycles. The second kappa shape index (κ2) is 8.63. The van der Waals surface area contributed by atoms with Crippen LogP contribution >= 0.6 is 11.3 Å². The van der Waals surface area contributed by atoms with Gasteiger partial charge >= 0.3 is 11.7 Å². The molecule has 0 spiro atoms. The van der Waals surface area contributed by atoms with Crippen molar-refractivity contribution in [1.82, 2.24) is 13.7 Å². The molecule has 3 atom stereocenters. The standard InChI is InChI=1S/C22H20F6N4OS2/c1-13-2-4-17(13)19-12-31(35(33)22(26,27)28)9-14-8-15(21(23,24)25)3-5-18(14)32(19)11-16-10-30-6-7-34-20(30)29-16/h2-3,5-8,10,17,19H,4,9,11-12H2,1H3. The lowest BCUT2D eigenvalue weighted by Crippen LogP contribution is -2.49. The van der Waals surface area contributed by atoms with Crippen molar-refractivity contribution in [2.75, 3.05) is 11.4 Å². The third-order valence-corrected chi connectivity index (χ3v) is 8.42. The van der Waals surface area contributed by atoms with E-state index >= 15 is 0 Å². The summed E-state index contributed by atoms with van der Waals surface area (Å²) in [6.07, 6.45) is 1.55. The summed E-state index contributed by atoms with van der Waals surface area (Å²) in [5.74, 6) is -0.125. The van der Waals surface area contributed by atoms with E-state index in [1.165, 1.54) is 17.4 Å². The first-order valence-electron chi connectivity index (χ1n) is 10.7. The van der Waals surface area contributed by atoms with Gasteiger partial charge in [0.2, 0.25) is 11.0 Å². The van der Waals surface area contributed by atoms with Gasteiger partial charge in [-0.15, -0.1) is 11.3 Å². The normalized spacial score (nSPS) is 22.5. The molecule has 0 N–H and O–H groups in total. The van der Waals surface area contributed by atoms with Crippen LogP contribution in [0.1, 0.15) is 30.2 Å². The molecule has 5 rings (SSSR count). The molecule has 13 heteroatoms. The van der Waals surface area contributed by atoms with Crippen LogP contribution in [0.3, 0.4) is 0 Å². The number of rotatable bonds is 4. The minimum Gasteiger partial charge on any atom is -0.360 e. The molecule has 1 aromatic carbocycles. The number of imidazole rings is 1. The van der Waals surface area contributed by atoms with E-state index in [2.05, 4.69) is 4.98 Å². The van der Waals surface area contributed by atoms with Gasteiger partial charge in [-0.05, 0) is 37.1 Å². The fourth-order valence-corrected chi connectivity index (χ4v) is 6.26. The van der Waals surface area contributed by atoms with E-state index in [0.717, 1.165) is 27.0 Å². The number of hydrogen-bond donors (Lipinski definition) is 0. The zero-order valence-corrected chi connectivity index (χ0v) is 19.9. The number of aromatic nitrogens is 2. The molecular formula is C22H20F6N4OS2. The Bertz CT molecular complexity index is 1280. The van der Waals surface area contributed by atoms with Crippen LogP contribution in [0.5, 0.6) is 0 Å². The Morgan fingerprint density at radius 2 is 1.97 bits per heavy atom. The first-order valence-corrected chi connectivity index (χ1v) is 12.7. The summed E-state index contributed by atoms with van der Waals surface area (Å²) >= 11 is 1.42. The number of benzene rings is 1. The van der Waals surface area contributed by atoms with Crippen LogP contribution in [0, 0.1) is 5.92 Å². The predicted octanol–water partition coefficient (Wildman–Crippen LogP) is 5.76. The molecule has 0 bridgehead atoms. The molecule has 0 saturated carbocycles. The monoisotopic (exact) mass is 534 g/mol. The summed E-state index contributed by atoms with van der Waals surface area (Å²) < 4.78 is 95.8. The second-order valence-electron chi connectivity index (χ2n) is 8.67. The van der Waals surface area contributed by atoms with Gasteiger partial charge in [0, 0.05) is 48.5 Å². The van der Waals surface area contributed by atoms with E-state index in [0.29, 0.717) is 17.8 Å². The number of anilines is 1.